The molecule has 0 fully saturated rings. The Hall–Kier alpha value is -2.47. The summed E-state index contributed by atoms with van der Waals surface area (Å²) < 4.78 is 7.36. The van der Waals surface area contributed by atoms with Gasteiger partial charge in [-0.3, -0.25) is 14.2 Å². The number of ether oxygens (including phenoxy) is 1. The van der Waals surface area contributed by atoms with Gasteiger partial charge in [0.1, 0.15) is 10.6 Å². The highest BCUT2D eigenvalue weighted by atomic mass is 32.1. The molecule has 0 spiro atoms. The number of carbonyl (C=O) groups excluding carboxylic acids is 1. The van der Waals surface area contributed by atoms with Gasteiger partial charge in [-0.15, -0.1) is 11.3 Å². The molecule has 146 valence electrons. The molecule has 0 saturated carbocycles. The number of aryl methyl sites for hydroxylation is 2. The van der Waals surface area contributed by atoms with Gasteiger partial charge in [-0.05, 0) is 63.3 Å². The summed E-state index contributed by atoms with van der Waals surface area (Å²) >= 11 is 1.67. The minimum atomic E-state index is -0.00613. The van der Waals surface area contributed by atoms with Crippen LogP contribution in [-0.2, 0) is 19.4 Å². The predicted molar refractivity (Wildman–Crippen MR) is 112 cm³/mol. The fourth-order valence-corrected chi connectivity index (χ4v) is 5.09. The van der Waals surface area contributed by atoms with Crippen molar-refractivity contribution in [2.45, 2.75) is 52.5 Å². The van der Waals surface area contributed by atoms with Crippen LogP contribution in [0.15, 0.2) is 29.3 Å². The van der Waals surface area contributed by atoms with Gasteiger partial charge in [-0.2, -0.15) is 0 Å². The van der Waals surface area contributed by atoms with Crippen molar-refractivity contribution in [2.24, 2.45) is 0 Å². The molecule has 3 aromatic rings. The van der Waals surface area contributed by atoms with Crippen LogP contribution in [0.25, 0.3) is 10.2 Å². The Labute approximate surface area is 168 Å². The molecule has 1 aromatic carbocycles. The second kappa shape index (κ2) is 7.87. The van der Waals surface area contributed by atoms with E-state index in [1.807, 2.05) is 19.1 Å². The quantitative estimate of drug-likeness (QED) is 0.474. The zero-order valence-corrected chi connectivity index (χ0v) is 17.1. The van der Waals surface area contributed by atoms with Crippen LogP contribution in [0.1, 0.15) is 59.5 Å². The first-order valence-electron chi connectivity index (χ1n) is 9.84. The van der Waals surface area contributed by atoms with Crippen molar-refractivity contribution in [1.82, 2.24) is 9.55 Å². The van der Waals surface area contributed by atoms with E-state index in [0.717, 1.165) is 35.0 Å². The number of hydrogen-bond donors (Lipinski definition) is 0. The normalized spacial score (nSPS) is 13.9. The Bertz CT molecular complexity index is 1100. The molecular weight excluding hydrogens is 372 g/mol. The number of rotatable bonds is 5. The number of carbonyl (C=O) groups is 1. The molecule has 2 aromatic heterocycles. The lowest BCUT2D eigenvalue weighted by Gasteiger charge is -2.13. The first-order valence-corrected chi connectivity index (χ1v) is 10.7. The minimum absolute atomic E-state index is 0.0000709. The van der Waals surface area contributed by atoms with Gasteiger partial charge in [0.05, 0.1) is 24.9 Å². The molecule has 5 nitrogen and oxygen atoms in total. The van der Waals surface area contributed by atoms with Crippen molar-refractivity contribution >= 4 is 27.3 Å². The molecule has 0 aliphatic heterocycles. The number of benzene rings is 1. The smallest absolute Gasteiger partial charge is 0.262 e. The lowest BCUT2D eigenvalue weighted by atomic mass is 10.1. The molecule has 28 heavy (non-hydrogen) atoms. The van der Waals surface area contributed by atoms with Gasteiger partial charge in [-0.1, -0.05) is 6.42 Å². The Balaban J connectivity index is 1.79. The van der Waals surface area contributed by atoms with E-state index in [2.05, 4.69) is 4.98 Å². The Morgan fingerprint density at radius 3 is 2.86 bits per heavy atom. The summed E-state index contributed by atoms with van der Waals surface area (Å²) in [6.45, 7) is 4.32. The predicted octanol–water partition coefficient (Wildman–Crippen LogP) is 4.38. The van der Waals surface area contributed by atoms with E-state index in [0.29, 0.717) is 24.5 Å². The third-order valence-corrected chi connectivity index (χ3v) is 6.50. The third kappa shape index (κ3) is 3.49. The summed E-state index contributed by atoms with van der Waals surface area (Å²) in [4.78, 5) is 31.8. The molecule has 0 N–H and O–H groups in total. The van der Waals surface area contributed by atoms with Crippen LogP contribution in [0.4, 0.5) is 0 Å². The molecule has 0 unspecified atom stereocenters. The van der Waals surface area contributed by atoms with Crippen LogP contribution >= 0.6 is 11.3 Å². The average Bonchev–Trinajstić information content (AvgIpc) is 2.87. The number of aromatic nitrogens is 2. The molecule has 0 atom stereocenters. The van der Waals surface area contributed by atoms with E-state index >= 15 is 0 Å². The highest BCUT2D eigenvalue weighted by molar-refractivity contribution is 7.18. The molecule has 0 radical (unpaired) electrons. The number of fused-ring (bicyclic) bond motifs is 3. The first kappa shape index (κ1) is 18.9. The highest BCUT2D eigenvalue weighted by Gasteiger charge is 2.19. The van der Waals surface area contributed by atoms with E-state index < -0.39 is 0 Å². The van der Waals surface area contributed by atoms with Gasteiger partial charge in [0.15, 0.2) is 5.78 Å². The lowest BCUT2D eigenvalue weighted by molar-refractivity contribution is 0.101. The standard InChI is InChI=1S/C22H24N2O3S/c1-3-27-18-10-9-15(14(2)25)11-16(18)12-24-13-23-21-20(22(24)26)17-7-5-4-6-8-19(17)28-21/h9-11,13H,3-8,12H2,1-2H3. The van der Waals surface area contributed by atoms with E-state index in [4.69, 9.17) is 4.74 Å². The van der Waals surface area contributed by atoms with Crippen LogP contribution in [0, 0.1) is 0 Å². The fraction of sp³-hybridized carbons (Fsp3) is 0.409. The summed E-state index contributed by atoms with van der Waals surface area (Å²) in [6, 6.07) is 5.39. The first-order chi connectivity index (χ1) is 13.6. The topological polar surface area (TPSA) is 61.2 Å². The number of ketones is 1. The maximum absolute atomic E-state index is 13.3. The van der Waals surface area contributed by atoms with E-state index in [1.54, 1.807) is 35.2 Å². The minimum Gasteiger partial charge on any atom is -0.494 e. The summed E-state index contributed by atoms with van der Waals surface area (Å²) in [5.41, 5.74) is 2.64. The van der Waals surface area contributed by atoms with Crippen LogP contribution in [-0.4, -0.2) is 21.9 Å². The summed E-state index contributed by atoms with van der Waals surface area (Å²) in [5, 5.41) is 0.782. The van der Waals surface area contributed by atoms with Gasteiger partial charge < -0.3 is 4.74 Å². The SMILES string of the molecule is CCOc1ccc(C(C)=O)cc1Cn1cnc2sc3c(c2c1=O)CCCCC3. The van der Waals surface area contributed by atoms with E-state index in [9.17, 15) is 9.59 Å². The van der Waals surface area contributed by atoms with Gasteiger partial charge in [0.2, 0.25) is 0 Å². The maximum atomic E-state index is 13.3. The van der Waals surface area contributed by atoms with Crippen molar-refractivity contribution in [2.75, 3.05) is 6.61 Å². The molecule has 0 bridgehead atoms. The van der Waals surface area contributed by atoms with Crippen LogP contribution in [0.2, 0.25) is 0 Å². The Morgan fingerprint density at radius 2 is 2.07 bits per heavy atom. The van der Waals surface area contributed by atoms with Crippen molar-refractivity contribution in [3.63, 3.8) is 0 Å². The zero-order chi connectivity index (χ0) is 19.7. The van der Waals surface area contributed by atoms with Crippen LogP contribution in [0.3, 0.4) is 0 Å². The second-order valence-electron chi connectivity index (χ2n) is 7.23. The highest BCUT2D eigenvalue weighted by Crippen LogP contribution is 2.33. The van der Waals surface area contributed by atoms with Crippen LogP contribution < -0.4 is 10.3 Å². The van der Waals surface area contributed by atoms with Crippen molar-refractivity contribution in [3.8, 4) is 5.75 Å². The maximum Gasteiger partial charge on any atom is 0.262 e. The van der Waals surface area contributed by atoms with Gasteiger partial charge in [0, 0.05) is 16.0 Å². The average molecular weight is 397 g/mol. The molecule has 1 aliphatic carbocycles. The van der Waals surface area contributed by atoms with Gasteiger partial charge in [-0.25, -0.2) is 4.98 Å². The Morgan fingerprint density at radius 1 is 1.25 bits per heavy atom. The number of Topliss-reactive ketones (excluding diaryl/α,β-unsaturated/α-hetero) is 1. The number of hydrogen-bond acceptors (Lipinski definition) is 5. The summed E-state index contributed by atoms with van der Waals surface area (Å²) in [6.07, 6.45) is 7.15. The van der Waals surface area contributed by atoms with Gasteiger partial charge >= 0.3 is 0 Å². The number of thiophene rings is 1. The molecule has 2 heterocycles. The van der Waals surface area contributed by atoms with Gasteiger partial charge in [0.25, 0.3) is 5.56 Å². The molecule has 0 saturated heterocycles. The summed E-state index contributed by atoms with van der Waals surface area (Å²) in [7, 11) is 0. The van der Waals surface area contributed by atoms with Crippen molar-refractivity contribution in [1.29, 1.82) is 0 Å². The number of nitrogens with zero attached hydrogens (tertiary/aromatic N) is 2. The Kier molecular flexibility index (Phi) is 5.31. The molecule has 1 aliphatic rings. The fourth-order valence-electron chi connectivity index (χ4n) is 3.87. The van der Waals surface area contributed by atoms with Crippen molar-refractivity contribution < 1.29 is 9.53 Å². The molecule has 0 amide bonds. The van der Waals surface area contributed by atoms with Crippen LogP contribution in [0.5, 0.6) is 5.75 Å². The molecule has 6 heteroatoms. The molecular formula is C22H24N2O3S. The zero-order valence-electron chi connectivity index (χ0n) is 16.3. The molecule has 4 rings (SSSR count). The summed E-state index contributed by atoms with van der Waals surface area (Å²) in [5.74, 6) is 0.692. The van der Waals surface area contributed by atoms with Crippen molar-refractivity contribution in [3.05, 3.63) is 56.4 Å². The monoisotopic (exact) mass is 396 g/mol. The second-order valence-corrected chi connectivity index (χ2v) is 8.32. The van der Waals surface area contributed by atoms with E-state index in [-0.39, 0.29) is 11.3 Å². The largest absolute Gasteiger partial charge is 0.494 e. The lowest BCUT2D eigenvalue weighted by Crippen LogP contribution is -2.22. The third-order valence-electron chi connectivity index (χ3n) is 5.30. The van der Waals surface area contributed by atoms with E-state index in [1.165, 1.54) is 23.3 Å².